The number of carbonyl (C=O) groups excluding carboxylic acids is 1. The van der Waals surface area contributed by atoms with Crippen molar-refractivity contribution < 1.29 is 28.8 Å². The van der Waals surface area contributed by atoms with E-state index < -0.39 is 29.4 Å². The SMILES string of the molecule is O=C(Oc1ccccc1[C@@H]1O[C@@]2(COCc3ccccc3)CO[C@@H]1[C@@]2(O)Cc1ccccc1)c1ccccc1. The first kappa shape index (κ1) is 25.5. The Labute approximate surface area is 227 Å². The van der Waals surface area contributed by atoms with Gasteiger partial charge in [0.2, 0.25) is 0 Å². The van der Waals surface area contributed by atoms with E-state index in [0.29, 0.717) is 29.9 Å². The molecule has 4 atom stereocenters. The van der Waals surface area contributed by atoms with E-state index in [9.17, 15) is 9.90 Å². The molecule has 0 saturated carbocycles. The Morgan fingerprint density at radius 1 is 0.821 bits per heavy atom. The molecular formula is C33H30O6. The minimum absolute atomic E-state index is 0.143. The Morgan fingerprint density at radius 3 is 2.15 bits per heavy atom. The molecule has 0 unspecified atom stereocenters. The van der Waals surface area contributed by atoms with Crippen LogP contribution in [-0.2, 0) is 27.2 Å². The molecule has 2 heterocycles. The Morgan fingerprint density at radius 2 is 1.44 bits per heavy atom. The predicted octanol–water partition coefficient (Wildman–Crippen LogP) is 5.31. The highest BCUT2D eigenvalue weighted by Crippen LogP contribution is 2.56. The smallest absolute Gasteiger partial charge is 0.343 e. The summed E-state index contributed by atoms with van der Waals surface area (Å²) in [4.78, 5) is 12.9. The van der Waals surface area contributed by atoms with Crippen molar-refractivity contribution in [1.82, 2.24) is 0 Å². The van der Waals surface area contributed by atoms with Gasteiger partial charge in [0.15, 0.2) is 0 Å². The zero-order valence-electron chi connectivity index (χ0n) is 21.4. The lowest BCUT2D eigenvalue weighted by atomic mass is 9.78. The summed E-state index contributed by atoms with van der Waals surface area (Å²) < 4.78 is 24.9. The summed E-state index contributed by atoms with van der Waals surface area (Å²) in [5, 5.41) is 12.3. The molecule has 0 radical (unpaired) electrons. The Hall–Kier alpha value is -3.81. The second-order valence-electron chi connectivity index (χ2n) is 10.1. The fraction of sp³-hybridized carbons (Fsp3) is 0.242. The first-order valence-electron chi connectivity index (χ1n) is 13.1. The Balaban J connectivity index is 1.30. The molecule has 2 fully saturated rings. The number of carbonyl (C=O) groups is 1. The van der Waals surface area contributed by atoms with Crippen LogP contribution in [0, 0.1) is 0 Å². The van der Waals surface area contributed by atoms with Crippen molar-refractivity contribution in [2.75, 3.05) is 13.2 Å². The first-order valence-corrected chi connectivity index (χ1v) is 13.1. The van der Waals surface area contributed by atoms with Gasteiger partial charge in [-0.1, -0.05) is 97.1 Å². The number of aliphatic hydroxyl groups is 1. The van der Waals surface area contributed by atoms with E-state index in [2.05, 4.69) is 0 Å². The topological polar surface area (TPSA) is 74.2 Å². The van der Waals surface area contributed by atoms with Crippen LogP contribution < -0.4 is 4.74 Å². The zero-order valence-corrected chi connectivity index (χ0v) is 21.4. The third-order valence-corrected chi connectivity index (χ3v) is 7.58. The normalized spacial score (nSPS) is 25.5. The van der Waals surface area contributed by atoms with Crippen LogP contribution >= 0.6 is 0 Å². The third kappa shape index (κ3) is 4.88. The molecule has 39 heavy (non-hydrogen) atoms. The summed E-state index contributed by atoms with van der Waals surface area (Å²) in [7, 11) is 0. The third-order valence-electron chi connectivity index (χ3n) is 7.58. The number of rotatable bonds is 9. The number of para-hydroxylation sites is 1. The van der Waals surface area contributed by atoms with Crippen LogP contribution in [0.4, 0.5) is 0 Å². The molecular weight excluding hydrogens is 492 g/mol. The average Bonchev–Trinajstić information content (AvgIpc) is 3.37. The highest BCUT2D eigenvalue weighted by atomic mass is 16.7. The van der Waals surface area contributed by atoms with Gasteiger partial charge in [-0.05, 0) is 29.3 Å². The van der Waals surface area contributed by atoms with Gasteiger partial charge >= 0.3 is 5.97 Å². The van der Waals surface area contributed by atoms with Crippen LogP contribution in [0.1, 0.15) is 33.2 Å². The van der Waals surface area contributed by atoms with Gasteiger partial charge in [-0.15, -0.1) is 0 Å². The second-order valence-corrected chi connectivity index (χ2v) is 10.1. The van der Waals surface area contributed by atoms with Gasteiger partial charge in [0, 0.05) is 12.0 Å². The lowest BCUT2D eigenvalue weighted by molar-refractivity contribution is -0.182. The maximum Gasteiger partial charge on any atom is 0.343 e. The van der Waals surface area contributed by atoms with Crippen molar-refractivity contribution in [1.29, 1.82) is 0 Å². The van der Waals surface area contributed by atoms with Gasteiger partial charge in [0.05, 0.1) is 25.4 Å². The molecule has 0 spiro atoms. The molecule has 4 aromatic rings. The molecule has 0 aromatic heterocycles. The van der Waals surface area contributed by atoms with Crippen molar-refractivity contribution in [3.05, 3.63) is 138 Å². The molecule has 2 aliphatic rings. The van der Waals surface area contributed by atoms with E-state index in [1.165, 1.54) is 0 Å². The summed E-state index contributed by atoms with van der Waals surface area (Å²) in [6.45, 7) is 0.719. The molecule has 2 saturated heterocycles. The maximum atomic E-state index is 12.9. The summed E-state index contributed by atoms with van der Waals surface area (Å²) >= 11 is 0. The molecule has 1 N–H and O–H groups in total. The van der Waals surface area contributed by atoms with Gasteiger partial charge in [0.1, 0.15) is 29.2 Å². The lowest BCUT2D eigenvalue weighted by Crippen LogP contribution is -2.56. The second kappa shape index (κ2) is 10.8. The number of ether oxygens (including phenoxy) is 4. The molecule has 6 rings (SSSR count). The Bertz CT molecular complexity index is 1410. The fourth-order valence-electron chi connectivity index (χ4n) is 5.57. The van der Waals surface area contributed by atoms with E-state index in [-0.39, 0.29) is 13.2 Å². The highest BCUT2D eigenvalue weighted by Gasteiger charge is 2.71. The van der Waals surface area contributed by atoms with E-state index in [1.807, 2.05) is 78.9 Å². The average molecular weight is 523 g/mol. The molecule has 4 aromatic carbocycles. The molecule has 2 bridgehead atoms. The van der Waals surface area contributed by atoms with E-state index in [1.54, 1.807) is 36.4 Å². The van der Waals surface area contributed by atoms with Crippen LogP contribution in [0.5, 0.6) is 5.75 Å². The van der Waals surface area contributed by atoms with Crippen LogP contribution in [0.25, 0.3) is 0 Å². The first-order chi connectivity index (χ1) is 19.1. The quantitative estimate of drug-likeness (QED) is 0.237. The number of hydrogen-bond acceptors (Lipinski definition) is 6. The van der Waals surface area contributed by atoms with Gasteiger partial charge in [0.25, 0.3) is 0 Å². The van der Waals surface area contributed by atoms with Crippen molar-refractivity contribution in [2.24, 2.45) is 0 Å². The number of fused-ring (bicyclic) bond motifs is 2. The standard InChI is InChI=1S/C33H30O6/c34-31(26-16-8-3-9-17-26)38-28-19-11-10-18-27(28)29-30-33(35,20-24-12-4-1-5-13-24)32(39-29,23-37-30)22-36-21-25-14-6-2-7-15-25/h1-19,29-30,35H,20-23H2/t29-,30-,32-,33-/m0/s1. The zero-order chi connectivity index (χ0) is 26.7. The lowest BCUT2D eigenvalue weighted by Gasteiger charge is -2.36. The largest absolute Gasteiger partial charge is 0.423 e. The number of benzene rings is 4. The molecule has 6 heteroatoms. The van der Waals surface area contributed by atoms with Gasteiger partial charge in [-0.25, -0.2) is 4.79 Å². The molecule has 2 aliphatic heterocycles. The van der Waals surface area contributed by atoms with Crippen molar-refractivity contribution in [2.45, 2.75) is 36.4 Å². The summed E-state index contributed by atoms with van der Waals surface area (Å²) in [6, 6.07) is 35.8. The van der Waals surface area contributed by atoms with E-state index in [4.69, 9.17) is 18.9 Å². The monoisotopic (exact) mass is 522 g/mol. The summed E-state index contributed by atoms with van der Waals surface area (Å²) in [5.74, 6) is -0.0949. The van der Waals surface area contributed by atoms with Crippen molar-refractivity contribution in [3.63, 3.8) is 0 Å². The van der Waals surface area contributed by atoms with Crippen LogP contribution in [0.3, 0.4) is 0 Å². The highest BCUT2D eigenvalue weighted by molar-refractivity contribution is 5.91. The van der Waals surface area contributed by atoms with E-state index >= 15 is 0 Å². The molecule has 0 aliphatic carbocycles. The number of esters is 1. The number of hydrogen-bond donors (Lipinski definition) is 1. The van der Waals surface area contributed by atoms with Crippen molar-refractivity contribution >= 4 is 5.97 Å². The maximum absolute atomic E-state index is 12.9. The van der Waals surface area contributed by atoms with Crippen LogP contribution in [0.15, 0.2) is 115 Å². The predicted molar refractivity (Wildman–Crippen MR) is 145 cm³/mol. The fourth-order valence-corrected chi connectivity index (χ4v) is 5.57. The van der Waals surface area contributed by atoms with Gasteiger partial charge in [-0.3, -0.25) is 0 Å². The summed E-state index contributed by atoms with van der Waals surface area (Å²) in [6.07, 6.45) is -1.02. The van der Waals surface area contributed by atoms with Crippen LogP contribution in [-0.4, -0.2) is 41.6 Å². The van der Waals surface area contributed by atoms with Crippen LogP contribution in [0.2, 0.25) is 0 Å². The summed E-state index contributed by atoms with van der Waals surface area (Å²) in [5.41, 5.74) is 0.613. The van der Waals surface area contributed by atoms with Crippen molar-refractivity contribution in [3.8, 4) is 5.75 Å². The van der Waals surface area contributed by atoms with Gasteiger partial charge < -0.3 is 24.1 Å². The Kier molecular flexibility index (Phi) is 7.02. The van der Waals surface area contributed by atoms with E-state index in [0.717, 1.165) is 11.1 Å². The molecule has 0 amide bonds. The molecule has 198 valence electrons. The molecule has 6 nitrogen and oxygen atoms in total. The van der Waals surface area contributed by atoms with Gasteiger partial charge in [-0.2, -0.15) is 0 Å². The minimum atomic E-state index is -1.37. The minimum Gasteiger partial charge on any atom is -0.423 e.